The summed E-state index contributed by atoms with van der Waals surface area (Å²) < 4.78 is 9.81. The van der Waals surface area contributed by atoms with Crippen LogP contribution < -0.4 is 0 Å². The molecule has 0 radical (unpaired) electrons. The fraction of sp³-hybridized carbons (Fsp3) is 1.00. The Bertz CT molecular complexity index is 215. The Morgan fingerprint density at radius 1 is 1.19 bits per heavy atom. The molecule has 6 atom stereocenters. The molecule has 0 aromatic rings. The average molecular weight is 256 g/mol. The molecular weight excluding hydrogens is 240 g/mol. The van der Waals surface area contributed by atoms with E-state index in [1.165, 1.54) is 0 Å². The van der Waals surface area contributed by atoms with Crippen LogP contribution in [0.5, 0.6) is 0 Å². The summed E-state index contributed by atoms with van der Waals surface area (Å²) in [4.78, 5) is 0. The van der Waals surface area contributed by atoms with Crippen LogP contribution >= 0.6 is 12.6 Å². The highest BCUT2D eigenvalue weighted by atomic mass is 32.1. The summed E-state index contributed by atoms with van der Waals surface area (Å²) in [7, 11) is 0. The molecule has 3 unspecified atom stereocenters. The minimum atomic E-state index is -1.53. The monoisotopic (exact) mass is 256 g/mol. The largest absolute Gasteiger partial charge is 0.391 e. The van der Waals surface area contributed by atoms with Crippen molar-refractivity contribution in [2.75, 3.05) is 12.4 Å². The Morgan fingerprint density at radius 3 is 2.31 bits per heavy atom. The maximum Gasteiger partial charge on any atom is 0.189 e. The van der Waals surface area contributed by atoms with Crippen LogP contribution in [0.3, 0.4) is 0 Å². The highest BCUT2D eigenvalue weighted by Crippen LogP contribution is 2.23. The molecule has 1 aliphatic rings. The minimum absolute atomic E-state index is 0.111. The molecule has 0 bridgehead atoms. The van der Waals surface area contributed by atoms with Gasteiger partial charge in [-0.25, -0.2) is 0 Å². The Morgan fingerprint density at radius 2 is 1.81 bits per heavy atom. The zero-order chi connectivity index (χ0) is 12.3. The molecule has 5 N–H and O–H groups in total. The van der Waals surface area contributed by atoms with Gasteiger partial charge in [-0.2, -0.15) is 12.6 Å². The molecule has 1 aliphatic heterocycles. The number of thiol groups is 1. The molecule has 0 amide bonds. The van der Waals surface area contributed by atoms with Gasteiger partial charge in [0.15, 0.2) is 12.6 Å². The van der Waals surface area contributed by atoms with Gasteiger partial charge in [0.1, 0.15) is 18.3 Å². The van der Waals surface area contributed by atoms with Crippen molar-refractivity contribution >= 4 is 12.6 Å². The van der Waals surface area contributed by atoms with E-state index in [1.807, 2.05) is 0 Å². The van der Waals surface area contributed by atoms with Gasteiger partial charge in [-0.1, -0.05) is 0 Å². The normalized spacial score (nSPS) is 42.0. The maximum absolute atomic E-state index is 9.49. The van der Waals surface area contributed by atoms with Crippen LogP contribution in [0.2, 0.25) is 0 Å². The van der Waals surface area contributed by atoms with Gasteiger partial charge < -0.3 is 35.0 Å². The lowest BCUT2D eigenvalue weighted by molar-refractivity contribution is -0.328. The fourth-order valence-electron chi connectivity index (χ4n) is 1.38. The van der Waals surface area contributed by atoms with Crippen LogP contribution in [-0.2, 0) is 9.47 Å². The van der Waals surface area contributed by atoms with E-state index in [-0.39, 0.29) is 5.75 Å². The van der Waals surface area contributed by atoms with E-state index in [4.69, 9.17) is 19.7 Å². The summed E-state index contributed by atoms with van der Waals surface area (Å²) in [5, 5.41) is 46.0. The van der Waals surface area contributed by atoms with E-state index in [1.54, 1.807) is 0 Å². The van der Waals surface area contributed by atoms with E-state index >= 15 is 0 Å². The van der Waals surface area contributed by atoms with Crippen LogP contribution in [0.1, 0.15) is 0 Å². The molecule has 1 heterocycles. The molecule has 96 valence electrons. The van der Waals surface area contributed by atoms with Crippen molar-refractivity contribution < 1.29 is 35.0 Å². The third-order valence-electron chi connectivity index (χ3n) is 2.30. The summed E-state index contributed by atoms with van der Waals surface area (Å²) in [6.45, 7) is -0.670. The maximum atomic E-state index is 9.49. The third-order valence-corrected chi connectivity index (χ3v) is 2.66. The van der Waals surface area contributed by atoms with Gasteiger partial charge in [0.25, 0.3) is 0 Å². The first-order valence-electron chi connectivity index (χ1n) is 4.76. The zero-order valence-electron chi connectivity index (χ0n) is 8.38. The Hall–Kier alpha value is 0.0700. The first-order valence-corrected chi connectivity index (χ1v) is 5.39. The lowest BCUT2D eigenvalue weighted by Gasteiger charge is -2.40. The molecule has 1 saturated heterocycles. The van der Waals surface area contributed by atoms with Gasteiger partial charge in [-0.05, 0) is 0 Å². The Balaban J connectivity index is 2.63. The summed E-state index contributed by atoms with van der Waals surface area (Å²) in [6.07, 6.45) is -7.91. The van der Waals surface area contributed by atoms with Crippen LogP contribution in [0.15, 0.2) is 0 Å². The Kier molecular flexibility index (Phi) is 5.41. The molecular formula is C8H16O7S. The molecule has 1 rings (SSSR count). The average Bonchev–Trinajstić information content (AvgIpc) is 2.29. The molecule has 0 aliphatic carbocycles. The number of aliphatic hydroxyl groups excluding tert-OH is 5. The predicted molar refractivity (Wildman–Crippen MR) is 54.7 cm³/mol. The smallest absolute Gasteiger partial charge is 0.189 e. The van der Waals surface area contributed by atoms with Gasteiger partial charge in [-0.15, -0.1) is 0 Å². The van der Waals surface area contributed by atoms with Gasteiger partial charge in [0, 0.05) is 5.75 Å². The Labute approximate surface area is 97.6 Å². The summed E-state index contributed by atoms with van der Waals surface area (Å²) >= 11 is 3.90. The molecule has 0 saturated carbocycles. The lowest BCUT2D eigenvalue weighted by atomic mass is 10.00. The topological polar surface area (TPSA) is 120 Å². The molecule has 1 fully saturated rings. The van der Waals surface area contributed by atoms with E-state index in [0.29, 0.717) is 0 Å². The second-order valence-corrected chi connectivity index (χ2v) is 3.84. The second-order valence-electron chi connectivity index (χ2n) is 3.47. The van der Waals surface area contributed by atoms with Crippen LogP contribution in [0, 0.1) is 0 Å². The predicted octanol–water partition coefficient (Wildman–Crippen LogP) is -2.95. The van der Waals surface area contributed by atoms with Crippen LogP contribution in [0.4, 0.5) is 0 Å². The van der Waals surface area contributed by atoms with Crippen LogP contribution in [0.25, 0.3) is 0 Å². The molecule has 16 heavy (non-hydrogen) atoms. The number of hydrogen-bond acceptors (Lipinski definition) is 8. The van der Waals surface area contributed by atoms with Crippen molar-refractivity contribution in [2.24, 2.45) is 0 Å². The van der Waals surface area contributed by atoms with Gasteiger partial charge in [0.2, 0.25) is 0 Å². The standard InChI is InChI=1S/C8H16O7S/c9-1-4(10)15-8-7(13)6(12)5(11)3(2-16)14-8/h3-13,16H,1-2H2/t3-,4+,5?,6?,7?,8+/m1/s1. The highest BCUT2D eigenvalue weighted by molar-refractivity contribution is 7.80. The summed E-state index contributed by atoms with van der Waals surface area (Å²) in [5.74, 6) is 0.111. The SMILES string of the molecule is OC[C@@H](O)O[C@@H]1O[C@H](CS)C(O)C(O)C1O. The number of ether oxygens (including phenoxy) is 2. The quantitative estimate of drug-likeness (QED) is 0.235. The number of hydrogen-bond donors (Lipinski definition) is 6. The van der Waals surface area contributed by atoms with E-state index < -0.39 is 43.6 Å². The van der Waals surface area contributed by atoms with Crippen molar-refractivity contribution in [1.82, 2.24) is 0 Å². The van der Waals surface area contributed by atoms with Crippen molar-refractivity contribution in [1.29, 1.82) is 0 Å². The second kappa shape index (κ2) is 6.12. The van der Waals surface area contributed by atoms with E-state index in [2.05, 4.69) is 12.6 Å². The summed E-state index contributed by atoms with van der Waals surface area (Å²) in [5.41, 5.74) is 0. The zero-order valence-corrected chi connectivity index (χ0v) is 9.27. The fourth-order valence-corrected chi connectivity index (χ4v) is 1.68. The van der Waals surface area contributed by atoms with Crippen molar-refractivity contribution in [3.8, 4) is 0 Å². The van der Waals surface area contributed by atoms with E-state index in [9.17, 15) is 15.3 Å². The first-order chi connectivity index (χ1) is 7.51. The van der Waals surface area contributed by atoms with Gasteiger partial charge in [-0.3, -0.25) is 0 Å². The highest BCUT2D eigenvalue weighted by Gasteiger charge is 2.44. The van der Waals surface area contributed by atoms with Gasteiger partial charge >= 0.3 is 0 Å². The third kappa shape index (κ3) is 3.05. The first kappa shape index (κ1) is 14.1. The molecule has 0 spiro atoms. The number of aliphatic hydroxyl groups is 5. The number of rotatable bonds is 4. The van der Waals surface area contributed by atoms with Crippen molar-refractivity contribution in [3.63, 3.8) is 0 Å². The van der Waals surface area contributed by atoms with E-state index in [0.717, 1.165) is 0 Å². The molecule has 7 nitrogen and oxygen atoms in total. The molecule has 0 aromatic heterocycles. The molecule has 8 heteroatoms. The van der Waals surface area contributed by atoms with Gasteiger partial charge in [0.05, 0.1) is 12.7 Å². The lowest BCUT2D eigenvalue weighted by Crippen LogP contribution is -2.59. The van der Waals surface area contributed by atoms with Crippen molar-refractivity contribution in [2.45, 2.75) is 37.0 Å². The minimum Gasteiger partial charge on any atom is -0.391 e. The summed E-state index contributed by atoms with van der Waals surface area (Å²) in [6, 6.07) is 0. The van der Waals surface area contributed by atoms with Crippen LogP contribution in [-0.4, -0.2) is 74.9 Å². The molecule has 0 aromatic carbocycles. The van der Waals surface area contributed by atoms with Crippen molar-refractivity contribution in [3.05, 3.63) is 0 Å².